The van der Waals surface area contributed by atoms with Crippen LogP contribution in [-0.4, -0.2) is 36.1 Å². The van der Waals surface area contributed by atoms with Crippen molar-refractivity contribution in [2.24, 2.45) is 0 Å². The summed E-state index contributed by atoms with van der Waals surface area (Å²) in [4.78, 5) is 23.1. The summed E-state index contributed by atoms with van der Waals surface area (Å²) in [6.45, 7) is 0. The maximum atomic E-state index is 13.6. The van der Waals surface area contributed by atoms with Crippen LogP contribution in [0.1, 0.15) is 29.6 Å². The van der Waals surface area contributed by atoms with Crippen LogP contribution >= 0.6 is 0 Å². The summed E-state index contributed by atoms with van der Waals surface area (Å²) >= 11 is 0. The number of Topliss-reactive ketones (excluding diaryl/α,β-unsaturated/α-hetero) is 1. The Morgan fingerprint density at radius 1 is 1.50 bits per heavy atom. The van der Waals surface area contributed by atoms with Crippen molar-refractivity contribution in [1.82, 2.24) is 5.32 Å². The lowest BCUT2D eigenvalue weighted by atomic mass is 10.0. The number of hydrogen-bond donors (Lipinski definition) is 2. The molecule has 1 aromatic rings. The fraction of sp³-hybridized carbons (Fsp3) is 0.429. The number of carbonyl (C=O) groups is 2. The van der Waals surface area contributed by atoms with Crippen LogP contribution in [-0.2, 0) is 4.79 Å². The van der Waals surface area contributed by atoms with Gasteiger partial charge in [-0.3, -0.25) is 9.59 Å². The molecule has 2 rings (SSSR count). The summed E-state index contributed by atoms with van der Waals surface area (Å²) < 4.78 is 18.4. The van der Waals surface area contributed by atoms with Gasteiger partial charge in [-0.1, -0.05) is 0 Å². The normalized spacial score (nSPS) is 15.7. The zero-order valence-corrected chi connectivity index (χ0v) is 11.1. The smallest absolute Gasteiger partial charge is 0.305 e. The third kappa shape index (κ3) is 3.54. The Kier molecular flexibility index (Phi) is 4.34. The molecule has 1 fully saturated rings. The molecule has 20 heavy (non-hydrogen) atoms. The first kappa shape index (κ1) is 14.5. The van der Waals surface area contributed by atoms with E-state index in [-0.39, 0.29) is 23.8 Å². The van der Waals surface area contributed by atoms with Gasteiger partial charge in [-0.25, -0.2) is 4.39 Å². The van der Waals surface area contributed by atoms with Crippen LogP contribution < -0.4 is 10.1 Å². The van der Waals surface area contributed by atoms with Gasteiger partial charge in [0.1, 0.15) is 0 Å². The summed E-state index contributed by atoms with van der Waals surface area (Å²) in [6, 6.07) is 3.23. The Hall–Kier alpha value is -1.95. The minimum atomic E-state index is -1.06. The lowest BCUT2D eigenvalue weighted by Crippen LogP contribution is -2.40. The molecular formula is C14H16FNO4. The van der Waals surface area contributed by atoms with E-state index in [0.29, 0.717) is 0 Å². The zero-order valence-electron chi connectivity index (χ0n) is 11.1. The van der Waals surface area contributed by atoms with Gasteiger partial charge in [0.15, 0.2) is 17.3 Å². The molecule has 1 aliphatic carbocycles. The average Bonchev–Trinajstić information content (AvgIpc) is 3.20. The van der Waals surface area contributed by atoms with E-state index in [2.05, 4.69) is 5.32 Å². The highest BCUT2D eigenvalue weighted by atomic mass is 19.1. The first-order valence-electron chi connectivity index (χ1n) is 6.37. The van der Waals surface area contributed by atoms with Crippen molar-refractivity contribution in [3.8, 4) is 5.75 Å². The van der Waals surface area contributed by atoms with Gasteiger partial charge in [-0.2, -0.15) is 0 Å². The highest BCUT2D eigenvalue weighted by Crippen LogP contribution is 2.23. The van der Waals surface area contributed by atoms with Crippen molar-refractivity contribution in [2.45, 2.75) is 31.3 Å². The molecule has 1 aliphatic rings. The topological polar surface area (TPSA) is 75.6 Å². The first-order valence-corrected chi connectivity index (χ1v) is 6.37. The van der Waals surface area contributed by atoms with Crippen molar-refractivity contribution in [3.05, 3.63) is 29.6 Å². The molecule has 108 valence electrons. The first-order chi connectivity index (χ1) is 9.51. The van der Waals surface area contributed by atoms with Crippen molar-refractivity contribution < 1.29 is 23.8 Å². The molecule has 1 atom stereocenters. The number of nitrogens with one attached hydrogen (secondary N) is 1. The van der Waals surface area contributed by atoms with E-state index in [1.807, 2.05) is 0 Å². The summed E-state index contributed by atoms with van der Waals surface area (Å²) in [5.74, 6) is -2.07. The molecular weight excluding hydrogens is 265 g/mol. The Morgan fingerprint density at radius 2 is 2.20 bits per heavy atom. The fourth-order valence-corrected chi connectivity index (χ4v) is 1.96. The van der Waals surface area contributed by atoms with Crippen molar-refractivity contribution in [3.63, 3.8) is 0 Å². The molecule has 0 bridgehead atoms. The van der Waals surface area contributed by atoms with E-state index in [1.54, 1.807) is 0 Å². The third-order valence-corrected chi connectivity index (χ3v) is 3.15. The maximum absolute atomic E-state index is 13.6. The van der Waals surface area contributed by atoms with E-state index in [4.69, 9.17) is 9.84 Å². The quantitative estimate of drug-likeness (QED) is 0.743. The van der Waals surface area contributed by atoms with Crippen molar-refractivity contribution in [1.29, 1.82) is 0 Å². The van der Waals surface area contributed by atoms with Crippen LogP contribution in [0.5, 0.6) is 5.75 Å². The van der Waals surface area contributed by atoms with E-state index in [0.717, 1.165) is 18.9 Å². The fourth-order valence-electron chi connectivity index (χ4n) is 1.96. The van der Waals surface area contributed by atoms with Gasteiger partial charge < -0.3 is 15.2 Å². The number of rotatable bonds is 7. The van der Waals surface area contributed by atoms with Crippen LogP contribution in [0.2, 0.25) is 0 Å². The second-order valence-electron chi connectivity index (χ2n) is 4.80. The van der Waals surface area contributed by atoms with Gasteiger partial charge in [0.05, 0.1) is 19.6 Å². The molecule has 1 unspecified atom stereocenters. The third-order valence-electron chi connectivity index (χ3n) is 3.15. The SMILES string of the molecule is COc1ccc(C(=O)C(CC(=O)O)NC2CC2)cc1F. The van der Waals surface area contributed by atoms with Gasteiger partial charge in [0.2, 0.25) is 0 Å². The molecule has 6 heteroatoms. The highest BCUT2D eigenvalue weighted by molar-refractivity contribution is 6.01. The Balaban J connectivity index is 2.16. The maximum Gasteiger partial charge on any atom is 0.305 e. The zero-order chi connectivity index (χ0) is 14.7. The number of halogens is 1. The van der Waals surface area contributed by atoms with Crippen LogP contribution in [0, 0.1) is 5.82 Å². The molecule has 0 heterocycles. The number of ketones is 1. The van der Waals surface area contributed by atoms with Crippen molar-refractivity contribution >= 4 is 11.8 Å². The number of carboxylic acids is 1. The summed E-state index contributed by atoms with van der Waals surface area (Å²) in [5.41, 5.74) is 0.141. The monoisotopic (exact) mass is 281 g/mol. The van der Waals surface area contributed by atoms with Gasteiger partial charge in [0.25, 0.3) is 0 Å². The number of carbonyl (C=O) groups excluding carboxylic acids is 1. The van der Waals surface area contributed by atoms with Gasteiger partial charge in [0, 0.05) is 11.6 Å². The number of aliphatic carboxylic acids is 1. The Bertz CT molecular complexity index is 528. The minimum absolute atomic E-state index is 0.0477. The average molecular weight is 281 g/mol. The second kappa shape index (κ2) is 6.00. The van der Waals surface area contributed by atoms with Gasteiger partial charge in [-0.15, -0.1) is 0 Å². The van der Waals surface area contributed by atoms with Crippen LogP contribution in [0.3, 0.4) is 0 Å². The summed E-state index contributed by atoms with van der Waals surface area (Å²) in [7, 11) is 1.34. The Morgan fingerprint density at radius 3 is 2.70 bits per heavy atom. The van der Waals surface area contributed by atoms with Crippen molar-refractivity contribution in [2.75, 3.05) is 7.11 Å². The molecule has 1 aromatic carbocycles. The molecule has 0 spiro atoms. The van der Waals surface area contributed by atoms with E-state index >= 15 is 0 Å². The molecule has 2 N–H and O–H groups in total. The molecule has 0 amide bonds. The minimum Gasteiger partial charge on any atom is -0.494 e. The van der Waals surface area contributed by atoms with Crippen LogP contribution in [0.4, 0.5) is 4.39 Å². The molecule has 5 nitrogen and oxygen atoms in total. The van der Waals surface area contributed by atoms with E-state index in [9.17, 15) is 14.0 Å². The molecule has 0 aromatic heterocycles. The summed E-state index contributed by atoms with van der Waals surface area (Å²) in [6.07, 6.45) is 1.55. The van der Waals surface area contributed by atoms with Crippen LogP contribution in [0.15, 0.2) is 18.2 Å². The number of hydrogen-bond acceptors (Lipinski definition) is 4. The molecule has 0 aliphatic heterocycles. The standard InChI is InChI=1S/C14H16FNO4/c1-20-12-5-2-8(6-10(12)15)14(19)11(7-13(17)18)16-9-3-4-9/h2,5-6,9,11,16H,3-4,7H2,1H3,(H,17,18). The largest absolute Gasteiger partial charge is 0.494 e. The molecule has 0 saturated heterocycles. The second-order valence-corrected chi connectivity index (χ2v) is 4.80. The lowest BCUT2D eigenvalue weighted by molar-refractivity contribution is -0.137. The lowest BCUT2D eigenvalue weighted by Gasteiger charge is -2.15. The predicted octanol–water partition coefficient (Wildman–Crippen LogP) is 1.61. The predicted molar refractivity (Wildman–Crippen MR) is 69.5 cm³/mol. The molecule has 0 radical (unpaired) electrons. The molecule has 1 saturated carbocycles. The van der Waals surface area contributed by atoms with Gasteiger partial charge in [-0.05, 0) is 31.0 Å². The van der Waals surface area contributed by atoms with E-state index in [1.165, 1.54) is 19.2 Å². The Labute approximate surface area is 115 Å². The number of benzene rings is 1. The summed E-state index contributed by atoms with van der Waals surface area (Å²) in [5, 5.41) is 11.8. The van der Waals surface area contributed by atoms with Crippen LogP contribution in [0.25, 0.3) is 0 Å². The van der Waals surface area contributed by atoms with Gasteiger partial charge >= 0.3 is 5.97 Å². The number of carboxylic acid groups (broad SMARTS) is 1. The highest BCUT2D eigenvalue weighted by Gasteiger charge is 2.30. The number of methoxy groups -OCH3 is 1. The van der Waals surface area contributed by atoms with E-state index < -0.39 is 23.6 Å². The number of ether oxygens (including phenoxy) is 1.